The Morgan fingerprint density at radius 3 is 2.58 bits per heavy atom. The number of urea groups is 1. The van der Waals surface area contributed by atoms with E-state index in [1.165, 1.54) is 19.3 Å². The minimum atomic E-state index is 0.00727. The Hall–Kier alpha value is -1.51. The Kier molecular flexibility index (Phi) is 7.01. The lowest BCUT2D eigenvalue weighted by Crippen LogP contribution is -2.41. The van der Waals surface area contributed by atoms with Gasteiger partial charge in [0.25, 0.3) is 0 Å². The second-order valence-corrected chi connectivity index (χ2v) is 5.19. The molecule has 0 aliphatic heterocycles. The van der Waals surface area contributed by atoms with Gasteiger partial charge in [0.05, 0.1) is 0 Å². The van der Waals surface area contributed by atoms with Crippen molar-refractivity contribution in [2.75, 3.05) is 7.05 Å². The molecule has 1 aromatic rings. The summed E-state index contributed by atoms with van der Waals surface area (Å²) in [5.74, 6) is 0. The molecule has 0 bridgehead atoms. The third kappa shape index (κ3) is 6.27. The topological polar surface area (TPSA) is 32.3 Å². The fourth-order valence-corrected chi connectivity index (χ4v) is 2.02. The van der Waals surface area contributed by atoms with Crippen LogP contribution in [-0.4, -0.2) is 24.0 Å². The standard InChI is InChI=1S/C16H26N2O/c1-4-5-7-10-14(2)17-16(19)18(3)13-15-11-8-6-9-12-15/h6,8-9,11-12,14H,4-5,7,10,13H2,1-3H3,(H,17,19). The number of unbranched alkanes of at least 4 members (excludes halogenated alkanes) is 2. The molecule has 0 spiro atoms. The predicted molar refractivity (Wildman–Crippen MR) is 80.0 cm³/mol. The SMILES string of the molecule is CCCCCC(C)NC(=O)N(C)Cc1ccccc1. The van der Waals surface area contributed by atoms with Crippen LogP contribution < -0.4 is 5.32 Å². The zero-order chi connectivity index (χ0) is 14.1. The summed E-state index contributed by atoms with van der Waals surface area (Å²) >= 11 is 0. The first-order valence-electron chi connectivity index (χ1n) is 7.19. The van der Waals surface area contributed by atoms with E-state index in [4.69, 9.17) is 0 Å². The smallest absolute Gasteiger partial charge is 0.317 e. The van der Waals surface area contributed by atoms with E-state index in [0.29, 0.717) is 6.54 Å². The van der Waals surface area contributed by atoms with Gasteiger partial charge >= 0.3 is 6.03 Å². The number of carbonyl (C=O) groups excluding carboxylic acids is 1. The van der Waals surface area contributed by atoms with E-state index in [9.17, 15) is 4.79 Å². The van der Waals surface area contributed by atoms with Gasteiger partial charge in [0, 0.05) is 19.6 Å². The maximum atomic E-state index is 12.0. The summed E-state index contributed by atoms with van der Waals surface area (Å²) in [5.41, 5.74) is 1.15. The maximum absolute atomic E-state index is 12.0. The monoisotopic (exact) mass is 262 g/mol. The molecule has 1 rings (SSSR count). The Morgan fingerprint density at radius 2 is 1.95 bits per heavy atom. The molecule has 1 atom stereocenters. The molecule has 0 aliphatic carbocycles. The first kappa shape index (κ1) is 15.5. The van der Waals surface area contributed by atoms with Crippen molar-refractivity contribution < 1.29 is 4.79 Å². The van der Waals surface area contributed by atoms with E-state index in [2.05, 4.69) is 19.2 Å². The number of benzene rings is 1. The molecule has 0 saturated carbocycles. The zero-order valence-corrected chi connectivity index (χ0v) is 12.4. The van der Waals surface area contributed by atoms with Gasteiger partial charge in [0.15, 0.2) is 0 Å². The third-order valence-electron chi connectivity index (χ3n) is 3.22. The molecule has 0 fully saturated rings. The van der Waals surface area contributed by atoms with Gasteiger partial charge in [-0.1, -0.05) is 56.5 Å². The first-order valence-corrected chi connectivity index (χ1v) is 7.19. The van der Waals surface area contributed by atoms with Crippen molar-refractivity contribution in [2.24, 2.45) is 0 Å². The van der Waals surface area contributed by atoms with Crippen LogP contribution in [0.5, 0.6) is 0 Å². The van der Waals surface area contributed by atoms with Gasteiger partial charge in [-0.25, -0.2) is 4.79 Å². The predicted octanol–water partition coefficient (Wildman–Crippen LogP) is 3.80. The lowest BCUT2D eigenvalue weighted by Gasteiger charge is -2.21. The minimum Gasteiger partial charge on any atom is -0.336 e. The fraction of sp³-hybridized carbons (Fsp3) is 0.562. The van der Waals surface area contributed by atoms with E-state index in [-0.39, 0.29) is 12.1 Å². The maximum Gasteiger partial charge on any atom is 0.317 e. The molecular formula is C16H26N2O. The van der Waals surface area contributed by atoms with Crippen LogP contribution in [0.3, 0.4) is 0 Å². The molecule has 0 aliphatic rings. The van der Waals surface area contributed by atoms with Crippen LogP contribution >= 0.6 is 0 Å². The Balaban J connectivity index is 2.32. The van der Waals surface area contributed by atoms with Crippen molar-refractivity contribution in [1.29, 1.82) is 0 Å². The summed E-state index contributed by atoms with van der Waals surface area (Å²) in [6.07, 6.45) is 4.69. The quantitative estimate of drug-likeness (QED) is 0.745. The number of carbonyl (C=O) groups is 1. The minimum absolute atomic E-state index is 0.00727. The van der Waals surface area contributed by atoms with Crippen LogP contribution in [0.25, 0.3) is 0 Å². The van der Waals surface area contributed by atoms with Crippen LogP contribution in [-0.2, 0) is 6.54 Å². The summed E-state index contributed by atoms with van der Waals surface area (Å²) in [6.45, 7) is 4.91. The van der Waals surface area contributed by atoms with Gasteiger partial charge in [0.1, 0.15) is 0 Å². The normalized spacial score (nSPS) is 11.9. The number of amides is 2. The zero-order valence-electron chi connectivity index (χ0n) is 12.4. The van der Waals surface area contributed by atoms with Gasteiger partial charge in [0.2, 0.25) is 0 Å². The average molecular weight is 262 g/mol. The molecule has 0 aromatic heterocycles. The lowest BCUT2D eigenvalue weighted by molar-refractivity contribution is 0.202. The highest BCUT2D eigenvalue weighted by Crippen LogP contribution is 2.05. The number of hydrogen-bond donors (Lipinski definition) is 1. The van der Waals surface area contributed by atoms with E-state index in [1.54, 1.807) is 4.90 Å². The molecule has 0 saturated heterocycles. The number of rotatable bonds is 7. The molecule has 1 aromatic carbocycles. The van der Waals surface area contributed by atoms with Gasteiger partial charge in [-0.2, -0.15) is 0 Å². The van der Waals surface area contributed by atoms with Gasteiger partial charge in [-0.15, -0.1) is 0 Å². The van der Waals surface area contributed by atoms with Gasteiger partial charge < -0.3 is 10.2 Å². The van der Waals surface area contributed by atoms with Crippen LogP contribution in [0.1, 0.15) is 45.1 Å². The largest absolute Gasteiger partial charge is 0.336 e. The van der Waals surface area contributed by atoms with Crippen LogP contribution in [0.15, 0.2) is 30.3 Å². The van der Waals surface area contributed by atoms with E-state index in [0.717, 1.165) is 12.0 Å². The highest BCUT2D eigenvalue weighted by atomic mass is 16.2. The number of nitrogens with zero attached hydrogens (tertiary/aromatic N) is 1. The molecule has 2 amide bonds. The van der Waals surface area contributed by atoms with Crippen molar-refractivity contribution in [3.05, 3.63) is 35.9 Å². The first-order chi connectivity index (χ1) is 9.13. The van der Waals surface area contributed by atoms with Crippen LogP contribution in [0.2, 0.25) is 0 Å². The van der Waals surface area contributed by atoms with Crippen molar-refractivity contribution in [2.45, 2.75) is 52.1 Å². The summed E-state index contributed by atoms with van der Waals surface area (Å²) < 4.78 is 0. The fourth-order valence-electron chi connectivity index (χ4n) is 2.02. The molecular weight excluding hydrogens is 236 g/mol. The Bertz CT molecular complexity index is 364. The number of nitrogens with one attached hydrogen (secondary N) is 1. The summed E-state index contributed by atoms with van der Waals surface area (Å²) in [6, 6.07) is 10.3. The van der Waals surface area contributed by atoms with Gasteiger partial charge in [-0.3, -0.25) is 0 Å². The van der Waals surface area contributed by atoms with Crippen molar-refractivity contribution in [3.8, 4) is 0 Å². The van der Waals surface area contributed by atoms with E-state index >= 15 is 0 Å². The van der Waals surface area contributed by atoms with Crippen molar-refractivity contribution in [1.82, 2.24) is 10.2 Å². The van der Waals surface area contributed by atoms with E-state index < -0.39 is 0 Å². The second-order valence-electron chi connectivity index (χ2n) is 5.19. The van der Waals surface area contributed by atoms with Crippen LogP contribution in [0, 0.1) is 0 Å². The highest BCUT2D eigenvalue weighted by molar-refractivity contribution is 5.74. The molecule has 19 heavy (non-hydrogen) atoms. The molecule has 0 heterocycles. The Morgan fingerprint density at radius 1 is 1.26 bits per heavy atom. The second kappa shape index (κ2) is 8.57. The van der Waals surface area contributed by atoms with Crippen molar-refractivity contribution >= 4 is 6.03 Å². The van der Waals surface area contributed by atoms with E-state index in [1.807, 2.05) is 37.4 Å². The lowest BCUT2D eigenvalue weighted by atomic mass is 10.1. The summed E-state index contributed by atoms with van der Waals surface area (Å²) in [4.78, 5) is 13.7. The average Bonchev–Trinajstić information content (AvgIpc) is 2.40. The molecule has 3 heteroatoms. The highest BCUT2D eigenvalue weighted by Gasteiger charge is 2.11. The summed E-state index contributed by atoms with van der Waals surface area (Å²) in [7, 11) is 1.83. The molecule has 106 valence electrons. The third-order valence-corrected chi connectivity index (χ3v) is 3.22. The van der Waals surface area contributed by atoms with Crippen molar-refractivity contribution in [3.63, 3.8) is 0 Å². The molecule has 1 N–H and O–H groups in total. The molecule has 0 radical (unpaired) electrons. The molecule has 1 unspecified atom stereocenters. The Labute approximate surface area is 117 Å². The number of hydrogen-bond acceptors (Lipinski definition) is 1. The van der Waals surface area contributed by atoms with Gasteiger partial charge in [-0.05, 0) is 18.9 Å². The summed E-state index contributed by atoms with van der Waals surface area (Å²) in [5, 5.41) is 3.05. The molecule has 3 nitrogen and oxygen atoms in total. The van der Waals surface area contributed by atoms with Crippen LogP contribution in [0.4, 0.5) is 4.79 Å².